The Morgan fingerprint density at radius 2 is 2.08 bits per heavy atom. The summed E-state index contributed by atoms with van der Waals surface area (Å²) in [6, 6.07) is 0. The summed E-state index contributed by atoms with van der Waals surface area (Å²) in [4.78, 5) is 10.6. The maximum atomic E-state index is 10.6. The van der Waals surface area contributed by atoms with Crippen LogP contribution in [0.4, 0.5) is 0 Å². The van der Waals surface area contributed by atoms with Gasteiger partial charge in [-0.15, -0.1) is 0 Å². The lowest BCUT2D eigenvalue weighted by molar-refractivity contribution is -0.141. The van der Waals surface area contributed by atoms with Gasteiger partial charge in [0, 0.05) is 11.7 Å². The van der Waals surface area contributed by atoms with E-state index in [4.69, 9.17) is 4.74 Å². The second-order valence-corrected chi connectivity index (χ2v) is 4.65. The molecule has 0 unspecified atom stereocenters. The molecule has 0 aliphatic heterocycles. The van der Waals surface area contributed by atoms with Gasteiger partial charge in [-0.2, -0.15) is 11.8 Å². The Labute approximate surface area is 78.1 Å². The molecule has 0 saturated heterocycles. The van der Waals surface area contributed by atoms with E-state index in [1.165, 1.54) is 32.6 Å². The molecule has 1 aliphatic carbocycles. The summed E-state index contributed by atoms with van der Waals surface area (Å²) in [7, 11) is 0. The third-order valence-corrected chi connectivity index (χ3v) is 3.88. The summed E-state index contributed by atoms with van der Waals surface area (Å²) in [6.45, 7) is 2.08. The first-order chi connectivity index (χ1) is 5.68. The Balaban J connectivity index is 2.39. The summed E-state index contributed by atoms with van der Waals surface area (Å²) in [6.07, 6.45) is 7.06. The molecule has 1 fully saturated rings. The van der Waals surface area contributed by atoms with E-state index >= 15 is 0 Å². The summed E-state index contributed by atoms with van der Waals surface area (Å²) < 4.78 is 5.30. The van der Waals surface area contributed by atoms with Crippen LogP contribution in [-0.2, 0) is 9.53 Å². The average Bonchev–Trinajstić information content (AvgIpc) is 2.50. The van der Waals surface area contributed by atoms with Crippen molar-refractivity contribution in [1.82, 2.24) is 0 Å². The zero-order valence-corrected chi connectivity index (χ0v) is 8.58. The number of esters is 1. The van der Waals surface area contributed by atoms with E-state index in [1.54, 1.807) is 0 Å². The van der Waals surface area contributed by atoms with Gasteiger partial charge in [-0.25, -0.2) is 0 Å². The van der Waals surface area contributed by atoms with Crippen molar-refractivity contribution in [1.29, 1.82) is 0 Å². The second kappa shape index (κ2) is 4.17. The van der Waals surface area contributed by atoms with Crippen molar-refractivity contribution in [2.75, 3.05) is 12.9 Å². The highest BCUT2D eigenvalue weighted by atomic mass is 32.2. The number of hydrogen-bond acceptors (Lipinski definition) is 3. The van der Waals surface area contributed by atoms with E-state index in [1.807, 2.05) is 11.8 Å². The van der Waals surface area contributed by atoms with Crippen LogP contribution in [0, 0.1) is 0 Å². The van der Waals surface area contributed by atoms with Crippen LogP contribution in [-0.4, -0.2) is 23.6 Å². The molecule has 0 heterocycles. The highest BCUT2D eigenvalue weighted by Crippen LogP contribution is 2.40. The van der Waals surface area contributed by atoms with Crippen LogP contribution in [0.1, 0.15) is 32.6 Å². The van der Waals surface area contributed by atoms with Gasteiger partial charge in [-0.1, -0.05) is 12.8 Å². The Hall–Kier alpha value is -0.180. The highest BCUT2D eigenvalue weighted by molar-refractivity contribution is 8.00. The van der Waals surface area contributed by atoms with Crippen LogP contribution >= 0.6 is 11.8 Å². The minimum absolute atomic E-state index is 0.157. The third kappa shape index (κ3) is 2.41. The number of carbonyl (C=O) groups is 1. The fourth-order valence-corrected chi connectivity index (χ4v) is 2.53. The van der Waals surface area contributed by atoms with Crippen molar-refractivity contribution in [3.8, 4) is 0 Å². The molecule has 70 valence electrons. The van der Waals surface area contributed by atoms with Crippen molar-refractivity contribution in [2.24, 2.45) is 0 Å². The molecule has 0 aromatic rings. The van der Waals surface area contributed by atoms with Crippen LogP contribution in [0.25, 0.3) is 0 Å². The van der Waals surface area contributed by atoms with Gasteiger partial charge in [0.1, 0.15) is 6.61 Å². The smallest absolute Gasteiger partial charge is 0.302 e. The molecule has 0 radical (unpaired) electrons. The molecule has 0 N–H and O–H groups in total. The average molecular weight is 188 g/mol. The minimum Gasteiger partial charge on any atom is -0.464 e. The number of hydrogen-bond donors (Lipinski definition) is 0. The molecular formula is C9H16O2S. The standard InChI is InChI=1S/C9H16O2S/c1-8(10)11-7-9(12-2)5-3-4-6-9/h3-7H2,1-2H3. The SMILES string of the molecule is CSC1(COC(C)=O)CCCC1. The van der Waals surface area contributed by atoms with Crippen LogP contribution in [0.15, 0.2) is 0 Å². The van der Waals surface area contributed by atoms with Crippen molar-refractivity contribution in [3.63, 3.8) is 0 Å². The van der Waals surface area contributed by atoms with E-state index < -0.39 is 0 Å². The molecule has 12 heavy (non-hydrogen) atoms. The topological polar surface area (TPSA) is 26.3 Å². The van der Waals surface area contributed by atoms with Gasteiger partial charge < -0.3 is 4.74 Å². The van der Waals surface area contributed by atoms with Gasteiger partial charge in [-0.05, 0) is 19.1 Å². The first-order valence-corrected chi connectivity index (χ1v) is 5.59. The van der Waals surface area contributed by atoms with Crippen molar-refractivity contribution in [3.05, 3.63) is 0 Å². The summed E-state index contributed by atoms with van der Waals surface area (Å²) in [5, 5.41) is 0. The predicted octanol–water partition coefficient (Wildman–Crippen LogP) is 2.23. The summed E-state index contributed by atoms with van der Waals surface area (Å²) >= 11 is 1.84. The van der Waals surface area contributed by atoms with Gasteiger partial charge in [-0.3, -0.25) is 4.79 Å². The zero-order valence-electron chi connectivity index (χ0n) is 7.76. The molecule has 2 nitrogen and oxygen atoms in total. The molecule has 1 rings (SSSR count). The Morgan fingerprint density at radius 3 is 2.50 bits per heavy atom. The largest absolute Gasteiger partial charge is 0.464 e. The van der Waals surface area contributed by atoms with Crippen LogP contribution in [0.5, 0.6) is 0 Å². The van der Waals surface area contributed by atoms with Crippen molar-refractivity contribution < 1.29 is 9.53 Å². The maximum absolute atomic E-state index is 10.6. The van der Waals surface area contributed by atoms with E-state index in [9.17, 15) is 4.79 Å². The zero-order chi connectivity index (χ0) is 9.03. The molecule has 1 saturated carbocycles. The predicted molar refractivity (Wildman–Crippen MR) is 51.3 cm³/mol. The Kier molecular flexibility index (Phi) is 3.44. The van der Waals surface area contributed by atoms with Gasteiger partial charge in [0.2, 0.25) is 0 Å². The van der Waals surface area contributed by atoms with Gasteiger partial charge >= 0.3 is 5.97 Å². The minimum atomic E-state index is -0.157. The molecule has 1 aliphatic rings. The van der Waals surface area contributed by atoms with Crippen LogP contribution in [0.2, 0.25) is 0 Å². The fraction of sp³-hybridized carbons (Fsp3) is 0.889. The summed E-state index contributed by atoms with van der Waals surface area (Å²) in [5.41, 5.74) is 0. The van der Waals surface area contributed by atoms with Gasteiger partial charge in [0.25, 0.3) is 0 Å². The molecule has 0 spiro atoms. The number of rotatable bonds is 3. The molecule has 0 amide bonds. The molecular weight excluding hydrogens is 172 g/mol. The van der Waals surface area contributed by atoms with Crippen LogP contribution < -0.4 is 0 Å². The lowest BCUT2D eigenvalue weighted by Crippen LogP contribution is -2.27. The monoisotopic (exact) mass is 188 g/mol. The molecule has 0 aromatic heterocycles. The first kappa shape index (κ1) is 9.90. The number of ether oxygens (including phenoxy) is 1. The van der Waals surface area contributed by atoms with E-state index in [-0.39, 0.29) is 10.7 Å². The third-order valence-electron chi connectivity index (χ3n) is 2.49. The van der Waals surface area contributed by atoms with Gasteiger partial charge in [0.15, 0.2) is 0 Å². The molecule has 3 heteroatoms. The second-order valence-electron chi connectivity index (χ2n) is 3.37. The van der Waals surface area contributed by atoms with E-state index in [0.29, 0.717) is 6.61 Å². The van der Waals surface area contributed by atoms with Gasteiger partial charge in [0.05, 0.1) is 0 Å². The highest BCUT2D eigenvalue weighted by Gasteiger charge is 2.33. The quantitative estimate of drug-likeness (QED) is 0.635. The first-order valence-electron chi connectivity index (χ1n) is 4.37. The van der Waals surface area contributed by atoms with Crippen LogP contribution in [0.3, 0.4) is 0 Å². The lowest BCUT2D eigenvalue weighted by atomic mass is 10.1. The van der Waals surface area contributed by atoms with Crippen molar-refractivity contribution >= 4 is 17.7 Å². The Morgan fingerprint density at radius 1 is 1.50 bits per heavy atom. The number of carbonyl (C=O) groups excluding carboxylic acids is 1. The van der Waals surface area contributed by atoms with E-state index in [2.05, 4.69) is 6.26 Å². The molecule has 0 atom stereocenters. The molecule has 0 aromatic carbocycles. The van der Waals surface area contributed by atoms with E-state index in [0.717, 1.165) is 0 Å². The maximum Gasteiger partial charge on any atom is 0.302 e. The lowest BCUT2D eigenvalue weighted by Gasteiger charge is -2.25. The normalized spacial score (nSPS) is 20.8. The number of thioether (sulfide) groups is 1. The summed E-state index contributed by atoms with van der Waals surface area (Å²) in [5.74, 6) is -0.157. The Bertz CT molecular complexity index is 162. The fourth-order valence-electron chi connectivity index (χ4n) is 1.66. The molecule has 0 bridgehead atoms. The van der Waals surface area contributed by atoms with Crippen molar-refractivity contribution in [2.45, 2.75) is 37.4 Å².